The molecule has 1 atom stereocenters. The SMILES string of the molecule is CNC(=O)/C(C#N)=C1/S[C@@H](Cc2ccc(OC)cc2)C(=O)N1c1ccccc1F. The first kappa shape index (κ1) is 20.4. The van der Waals surface area contributed by atoms with E-state index >= 15 is 0 Å². The second kappa shape index (κ2) is 8.80. The van der Waals surface area contributed by atoms with Crippen LogP contribution in [0.3, 0.4) is 0 Å². The fourth-order valence-corrected chi connectivity index (χ4v) is 4.24. The fourth-order valence-electron chi connectivity index (χ4n) is 2.94. The third-order valence-electron chi connectivity index (χ3n) is 4.41. The van der Waals surface area contributed by atoms with Gasteiger partial charge in [-0.15, -0.1) is 0 Å². The summed E-state index contributed by atoms with van der Waals surface area (Å²) in [7, 11) is 2.96. The number of nitrogens with one attached hydrogen (secondary N) is 1. The molecule has 0 spiro atoms. The van der Waals surface area contributed by atoms with Crippen LogP contribution in [0, 0.1) is 17.1 Å². The maximum atomic E-state index is 14.5. The van der Waals surface area contributed by atoms with Crippen molar-refractivity contribution in [3.63, 3.8) is 0 Å². The number of benzene rings is 2. The molecule has 1 saturated heterocycles. The van der Waals surface area contributed by atoms with Gasteiger partial charge in [-0.05, 0) is 36.2 Å². The first-order valence-electron chi connectivity index (χ1n) is 8.74. The Kier molecular flexibility index (Phi) is 6.20. The van der Waals surface area contributed by atoms with Crippen LogP contribution in [0.25, 0.3) is 0 Å². The van der Waals surface area contributed by atoms with Crippen molar-refractivity contribution in [2.45, 2.75) is 11.7 Å². The lowest BCUT2D eigenvalue weighted by Gasteiger charge is -2.19. The number of ether oxygens (including phenoxy) is 1. The number of halogens is 1. The monoisotopic (exact) mass is 411 g/mol. The summed E-state index contributed by atoms with van der Waals surface area (Å²) >= 11 is 1.09. The Morgan fingerprint density at radius 1 is 1.28 bits per heavy atom. The Morgan fingerprint density at radius 2 is 1.97 bits per heavy atom. The number of methoxy groups -OCH3 is 1. The molecular formula is C21H18FN3O3S. The van der Waals surface area contributed by atoms with Crippen LogP contribution in [-0.2, 0) is 16.0 Å². The van der Waals surface area contributed by atoms with Gasteiger partial charge in [-0.1, -0.05) is 36.0 Å². The number of carbonyl (C=O) groups excluding carboxylic acids is 2. The van der Waals surface area contributed by atoms with Gasteiger partial charge in [0, 0.05) is 7.05 Å². The van der Waals surface area contributed by atoms with Crippen molar-refractivity contribution in [2.24, 2.45) is 0 Å². The van der Waals surface area contributed by atoms with E-state index < -0.39 is 17.0 Å². The summed E-state index contributed by atoms with van der Waals surface area (Å²) in [5.74, 6) is -0.936. The molecule has 2 amide bonds. The summed E-state index contributed by atoms with van der Waals surface area (Å²) in [5.41, 5.74) is 0.657. The van der Waals surface area contributed by atoms with E-state index in [1.807, 2.05) is 18.2 Å². The lowest BCUT2D eigenvalue weighted by Crippen LogP contribution is -2.32. The molecule has 0 unspecified atom stereocenters. The molecule has 2 aromatic carbocycles. The van der Waals surface area contributed by atoms with E-state index in [-0.39, 0.29) is 22.2 Å². The molecular weight excluding hydrogens is 393 g/mol. The van der Waals surface area contributed by atoms with E-state index in [2.05, 4.69) is 5.32 Å². The second-order valence-electron chi connectivity index (χ2n) is 6.15. The molecule has 29 heavy (non-hydrogen) atoms. The van der Waals surface area contributed by atoms with Gasteiger partial charge in [0.2, 0.25) is 5.91 Å². The molecule has 1 heterocycles. The minimum atomic E-state index is -0.630. The van der Waals surface area contributed by atoms with Crippen LogP contribution in [0.15, 0.2) is 59.1 Å². The number of hydrogen-bond acceptors (Lipinski definition) is 5. The van der Waals surface area contributed by atoms with Gasteiger partial charge < -0.3 is 10.1 Å². The fraction of sp³-hybridized carbons (Fsp3) is 0.190. The molecule has 0 radical (unpaired) electrons. The standard InChI is InChI=1S/C21H18FN3O3S/c1-24-19(26)15(12-23)21-25(17-6-4-3-5-16(17)22)20(27)18(29-21)11-13-7-9-14(28-2)10-8-13/h3-10,18H,11H2,1-2H3,(H,24,26)/b21-15+/t18-/m0/s1. The van der Waals surface area contributed by atoms with Crippen LogP contribution in [-0.4, -0.2) is 31.2 Å². The van der Waals surface area contributed by atoms with Gasteiger partial charge in [0.15, 0.2) is 0 Å². The molecule has 148 valence electrons. The number of thioether (sulfide) groups is 1. The maximum absolute atomic E-state index is 14.5. The van der Waals surface area contributed by atoms with Gasteiger partial charge in [0.1, 0.15) is 28.2 Å². The zero-order chi connectivity index (χ0) is 21.0. The van der Waals surface area contributed by atoms with Crippen molar-refractivity contribution in [3.8, 4) is 11.8 Å². The second-order valence-corrected chi connectivity index (χ2v) is 7.35. The lowest BCUT2D eigenvalue weighted by molar-refractivity contribution is -0.117. The predicted molar refractivity (Wildman–Crippen MR) is 109 cm³/mol. The number of likely N-dealkylation sites (N-methyl/N-ethyl adjacent to an activating group) is 1. The molecule has 0 saturated carbocycles. The summed E-state index contributed by atoms with van der Waals surface area (Å²) in [4.78, 5) is 26.5. The molecule has 1 aliphatic rings. The summed E-state index contributed by atoms with van der Waals surface area (Å²) in [6, 6.07) is 14.9. The van der Waals surface area contributed by atoms with Crippen molar-refractivity contribution < 1.29 is 18.7 Å². The highest BCUT2D eigenvalue weighted by Gasteiger charge is 2.41. The zero-order valence-electron chi connectivity index (χ0n) is 15.8. The van der Waals surface area contributed by atoms with Crippen LogP contribution in [0.5, 0.6) is 5.75 Å². The summed E-state index contributed by atoms with van der Waals surface area (Å²) in [6.45, 7) is 0. The molecule has 1 aliphatic heterocycles. The average molecular weight is 411 g/mol. The van der Waals surface area contributed by atoms with Crippen molar-refractivity contribution in [2.75, 3.05) is 19.1 Å². The van der Waals surface area contributed by atoms with Crippen LogP contribution < -0.4 is 15.0 Å². The Balaban J connectivity index is 2.03. The van der Waals surface area contributed by atoms with E-state index in [9.17, 15) is 19.2 Å². The number of nitriles is 1. The van der Waals surface area contributed by atoms with Crippen molar-refractivity contribution >= 4 is 29.3 Å². The molecule has 1 fully saturated rings. The Labute approximate surface area is 172 Å². The zero-order valence-corrected chi connectivity index (χ0v) is 16.6. The van der Waals surface area contributed by atoms with Gasteiger partial charge >= 0.3 is 0 Å². The lowest BCUT2D eigenvalue weighted by atomic mass is 10.1. The minimum absolute atomic E-state index is 0.00823. The number of amides is 2. The highest BCUT2D eigenvalue weighted by Crippen LogP contribution is 2.42. The largest absolute Gasteiger partial charge is 0.497 e. The van der Waals surface area contributed by atoms with E-state index in [1.54, 1.807) is 25.3 Å². The summed E-state index contributed by atoms with van der Waals surface area (Å²) in [6.07, 6.45) is 0.356. The molecule has 8 heteroatoms. The topological polar surface area (TPSA) is 82.4 Å². The predicted octanol–water partition coefficient (Wildman–Crippen LogP) is 3.01. The third-order valence-corrected chi connectivity index (χ3v) is 5.67. The van der Waals surface area contributed by atoms with E-state index in [4.69, 9.17) is 4.74 Å². The molecule has 0 aliphatic carbocycles. The highest BCUT2D eigenvalue weighted by molar-refractivity contribution is 8.05. The quantitative estimate of drug-likeness (QED) is 0.604. The number of nitrogens with zero attached hydrogens (tertiary/aromatic N) is 2. The van der Waals surface area contributed by atoms with Gasteiger partial charge in [0.05, 0.1) is 18.0 Å². The van der Waals surface area contributed by atoms with Crippen molar-refractivity contribution in [3.05, 3.63) is 70.5 Å². The highest BCUT2D eigenvalue weighted by atomic mass is 32.2. The van der Waals surface area contributed by atoms with E-state index in [0.29, 0.717) is 12.2 Å². The van der Waals surface area contributed by atoms with Crippen LogP contribution in [0.2, 0.25) is 0 Å². The molecule has 0 aromatic heterocycles. The molecule has 1 N–H and O–H groups in total. The number of hydrogen-bond donors (Lipinski definition) is 1. The first-order chi connectivity index (χ1) is 14.0. The first-order valence-corrected chi connectivity index (χ1v) is 9.62. The minimum Gasteiger partial charge on any atom is -0.497 e. The average Bonchev–Trinajstić information content (AvgIpc) is 3.05. The smallest absolute Gasteiger partial charge is 0.264 e. The van der Waals surface area contributed by atoms with Gasteiger partial charge in [-0.3, -0.25) is 14.5 Å². The van der Waals surface area contributed by atoms with Crippen molar-refractivity contribution in [1.82, 2.24) is 5.32 Å². The van der Waals surface area contributed by atoms with Crippen LogP contribution in [0.1, 0.15) is 5.56 Å². The maximum Gasteiger partial charge on any atom is 0.264 e. The van der Waals surface area contributed by atoms with Crippen molar-refractivity contribution in [1.29, 1.82) is 5.26 Å². The van der Waals surface area contributed by atoms with Crippen LogP contribution in [0.4, 0.5) is 10.1 Å². The Morgan fingerprint density at radius 3 is 2.55 bits per heavy atom. The molecule has 0 bridgehead atoms. The van der Waals surface area contributed by atoms with E-state index in [1.165, 1.54) is 25.2 Å². The number of carbonyl (C=O) groups is 2. The number of rotatable bonds is 5. The molecule has 3 rings (SSSR count). The number of para-hydroxylation sites is 1. The molecule has 6 nitrogen and oxygen atoms in total. The van der Waals surface area contributed by atoms with E-state index in [0.717, 1.165) is 22.2 Å². The van der Waals surface area contributed by atoms with Gasteiger partial charge in [-0.25, -0.2) is 4.39 Å². The summed E-state index contributed by atoms with van der Waals surface area (Å²) < 4.78 is 19.6. The van der Waals surface area contributed by atoms with Gasteiger partial charge in [0.25, 0.3) is 5.91 Å². The summed E-state index contributed by atoms with van der Waals surface area (Å²) in [5, 5.41) is 11.4. The third kappa shape index (κ3) is 4.10. The van der Waals surface area contributed by atoms with Gasteiger partial charge in [-0.2, -0.15) is 5.26 Å². The Hall–Kier alpha value is -3.31. The molecule has 2 aromatic rings. The van der Waals surface area contributed by atoms with Crippen LogP contribution >= 0.6 is 11.8 Å². The Bertz CT molecular complexity index is 1010. The number of anilines is 1. The normalized spacial score (nSPS) is 17.7.